The van der Waals surface area contributed by atoms with Gasteiger partial charge in [0.05, 0.1) is 6.54 Å². The highest BCUT2D eigenvalue weighted by Crippen LogP contribution is 2.31. The summed E-state index contributed by atoms with van der Waals surface area (Å²) in [6, 6.07) is 5.00. The first-order chi connectivity index (χ1) is 13.1. The molecule has 0 N–H and O–H groups in total. The molecule has 1 unspecified atom stereocenters. The summed E-state index contributed by atoms with van der Waals surface area (Å²) in [7, 11) is 0. The van der Waals surface area contributed by atoms with Crippen molar-refractivity contribution in [1.29, 1.82) is 0 Å². The SMILES string of the molecule is CCC(C(=O)N1CCc2onc(-c3ccc(F)c(F)c3)c2C1)n1cccn1. The monoisotopic (exact) mass is 372 g/mol. The molecule has 1 atom stereocenters. The smallest absolute Gasteiger partial charge is 0.247 e. The zero-order chi connectivity index (χ0) is 19.0. The van der Waals surface area contributed by atoms with E-state index >= 15 is 0 Å². The van der Waals surface area contributed by atoms with Gasteiger partial charge in [-0.1, -0.05) is 12.1 Å². The second-order valence-corrected chi connectivity index (χ2v) is 6.48. The van der Waals surface area contributed by atoms with Crippen LogP contribution in [0.3, 0.4) is 0 Å². The van der Waals surface area contributed by atoms with Gasteiger partial charge in [0, 0.05) is 36.5 Å². The number of halogens is 2. The number of carbonyl (C=O) groups excluding carboxylic acids is 1. The second-order valence-electron chi connectivity index (χ2n) is 6.48. The largest absolute Gasteiger partial charge is 0.360 e. The van der Waals surface area contributed by atoms with Crippen molar-refractivity contribution in [3.63, 3.8) is 0 Å². The molecule has 0 saturated carbocycles. The van der Waals surface area contributed by atoms with Crippen LogP contribution in [0.4, 0.5) is 8.78 Å². The fourth-order valence-corrected chi connectivity index (χ4v) is 3.42. The lowest BCUT2D eigenvalue weighted by atomic mass is 10.0. The molecule has 0 radical (unpaired) electrons. The Bertz CT molecular complexity index is 968. The average Bonchev–Trinajstić information content (AvgIpc) is 3.34. The van der Waals surface area contributed by atoms with E-state index in [2.05, 4.69) is 10.3 Å². The van der Waals surface area contributed by atoms with Gasteiger partial charge in [0.2, 0.25) is 5.91 Å². The predicted octanol–water partition coefficient (Wildman–Crippen LogP) is 3.35. The fraction of sp³-hybridized carbons (Fsp3) is 0.316. The number of benzene rings is 1. The zero-order valence-corrected chi connectivity index (χ0v) is 14.7. The van der Waals surface area contributed by atoms with Crippen LogP contribution in [0.15, 0.2) is 41.2 Å². The number of carbonyl (C=O) groups is 1. The van der Waals surface area contributed by atoms with Crippen LogP contribution in [0.5, 0.6) is 0 Å². The van der Waals surface area contributed by atoms with Gasteiger partial charge >= 0.3 is 0 Å². The van der Waals surface area contributed by atoms with Gasteiger partial charge in [-0.15, -0.1) is 0 Å². The molecule has 0 bridgehead atoms. The third kappa shape index (κ3) is 3.11. The standard InChI is InChI=1S/C19H18F2N4O2/c1-2-16(25-8-3-7-22-25)19(26)24-9-6-17-13(11-24)18(23-27-17)12-4-5-14(20)15(21)10-12/h3-5,7-8,10,16H,2,6,9,11H2,1H3. The Labute approximate surface area is 154 Å². The van der Waals surface area contributed by atoms with Crippen molar-refractivity contribution >= 4 is 5.91 Å². The molecule has 1 amide bonds. The summed E-state index contributed by atoms with van der Waals surface area (Å²) >= 11 is 0. The zero-order valence-electron chi connectivity index (χ0n) is 14.7. The molecule has 0 fully saturated rings. The van der Waals surface area contributed by atoms with Gasteiger partial charge in [0.15, 0.2) is 11.6 Å². The van der Waals surface area contributed by atoms with Gasteiger partial charge in [-0.25, -0.2) is 8.78 Å². The molecule has 4 rings (SSSR count). The minimum absolute atomic E-state index is 0.0377. The Hall–Kier alpha value is -3.03. The fourth-order valence-electron chi connectivity index (χ4n) is 3.42. The van der Waals surface area contributed by atoms with Gasteiger partial charge < -0.3 is 9.42 Å². The van der Waals surface area contributed by atoms with Crippen molar-refractivity contribution in [3.05, 3.63) is 59.6 Å². The maximum Gasteiger partial charge on any atom is 0.247 e. The highest BCUT2D eigenvalue weighted by molar-refractivity contribution is 5.81. The van der Waals surface area contributed by atoms with Crippen molar-refractivity contribution in [3.8, 4) is 11.3 Å². The molecule has 140 valence electrons. The van der Waals surface area contributed by atoms with Crippen LogP contribution >= 0.6 is 0 Å². The maximum absolute atomic E-state index is 13.6. The number of nitrogens with zero attached hydrogens (tertiary/aromatic N) is 4. The molecule has 3 aromatic rings. The van der Waals surface area contributed by atoms with Crippen LogP contribution in [-0.4, -0.2) is 32.3 Å². The molecular formula is C19H18F2N4O2. The van der Waals surface area contributed by atoms with E-state index in [1.54, 1.807) is 28.0 Å². The lowest BCUT2D eigenvalue weighted by Crippen LogP contribution is -2.40. The van der Waals surface area contributed by atoms with E-state index in [0.29, 0.717) is 42.9 Å². The highest BCUT2D eigenvalue weighted by Gasteiger charge is 2.31. The van der Waals surface area contributed by atoms with Crippen LogP contribution in [0.25, 0.3) is 11.3 Å². The van der Waals surface area contributed by atoms with E-state index < -0.39 is 11.6 Å². The van der Waals surface area contributed by atoms with Gasteiger partial charge in [-0.3, -0.25) is 9.48 Å². The molecule has 2 aromatic heterocycles. The Morgan fingerprint density at radius 3 is 2.89 bits per heavy atom. The van der Waals surface area contributed by atoms with Gasteiger partial charge in [-0.2, -0.15) is 5.10 Å². The second kappa shape index (κ2) is 6.94. The Morgan fingerprint density at radius 2 is 2.19 bits per heavy atom. The normalized spacial score (nSPS) is 14.9. The van der Waals surface area contributed by atoms with E-state index in [9.17, 15) is 13.6 Å². The summed E-state index contributed by atoms with van der Waals surface area (Å²) in [4.78, 5) is 14.7. The molecule has 0 aliphatic carbocycles. The van der Waals surface area contributed by atoms with Crippen molar-refractivity contribution in [2.24, 2.45) is 0 Å². The summed E-state index contributed by atoms with van der Waals surface area (Å²) in [6.45, 7) is 2.76. The summed E-state index contributed by atoms with van der Waals surface area (Å²) in [5.41, 5.74) is 1.59. The number of hydrogen-bond donors (Lipinski definition) is 0. The van der Waals surface area contributed by atoms with Gasteiger partial charge in [0.1, 0.15) is 17.5 Å². The minimum Gasteiger partial charge on any atom is -0.360 e. The molecule has 8 heteroatoms. The highest BCUT2D eigenvalue weighted by atomic mass is 19.2. The maximum atomic E-state index is 13.6. The third-order valence-corrected chi connectivity index (χ3v) is 4.85. The lowest BCUT2D eigenvalue weighted by molar-refractivity contribution is -0.136. The molecule has 0 saturated heterocycles. The number of hydrogen-bond acceptors (Lipinski definition) is 4. The van der Waals surface area contributed by atoms with Crippen LogP contribution in [0, 0.1) is 11.6 Å². The van der Waals surface area contributed by atoms with Crippen LogP contribution in [-0.2, 0) is 17.8 Å². The third-order valence-electron chi connectivity index (χ3n) is 4.85. The molecule has 3 heterocycles. The van der Waals surface area contributed by atoms with Crippen molar-refractivity contribution in [2.45, 2.75) is 32.4 Å². The lowest BCUT2D eigenvalue weighted by Gasteiger charge is -2.29. The summed E-state index contributed by atoms with van der Waals surface area (Å²) in [6.07, 6.45) is 4.55. The number of rotatable bonds is 4. The topological polar surface area (TPSA) is 64.2 Å². The number of fused-ring (bicyclic) bond motifs is 1. The van der Waals surface area contributed by atoms with Crippen LogP contribution in [0.2, 0.25) is 0 Å². The molecule has 27 heavy (non-hydrogen) atoms. The minimum atomic E-state index is -0.947. The van der Waals surface area contributed by atoms with Gasteiger partial charge in [-0.05, 0) is 30.7 Å². The van der Waals surface area contributed by atoms with Crippen LogP contribution < -0.4 is 0 Å². The average molecular weight is 372 g/mol. The first kappa shape index (κ1) is 17.4. The molecule has 1 aliphatic rings. The van der Waals surface area contributed by atoms with Crippen molar-refractivity contribution < 1.29 is 18.1 Å². The Balaban J connectivity index is 1.62. The summed E-state index contributed by atoms with van der Waals surface area (Å²) in [5, 5.41) is 8.21. The molecule has 0 spiro atoms. The Kier molecular flexibility index (Phi) is 4.47. The molecule has 1 aromatic carbocycles. The van der Waals surface area contributed by atoms with Gasteiger partial charge in [0.25, 0.3) is 0 Å². The summed E-state index contributed by atoms with van der Waals surface area (Å²) < 4.78 is 33.9. The van der Waals surface area contributed by atoms with Crippen molar-refractivity contribution in [2.75, 3.05) is 6.54 Å². The molecule has 1 aliphatic heterocycles. The molecular weight excluding hydrogens is 354 g/mol. The number of aromatic nitrogens is 3. The van der Waals surface area contributed by atoms with E-state index in [0.717, 1.165) is 17.7 Å². The first-order valence-electron chi connectivity index (χ1n) is 8.79. The number of amides is 1. The van der Waals surface area contributed by atoms with E-state index in [1.807, 2.05) is 6.92 Å². The van der Waals surface area contributed by atoms with E-state index in [-0.39, 0.29) is 11.9 Å². The Morgan fingerprint density at radius 1 is 1.33 bits per heavy atom. The van der Waals surface area contributed by atoms with Crippen molar-refractivity contribution in [1.82, 2.24) is 19.8 Å². The van der Waals surface area contributed by atoms with Crippen LogP contribution in [0.1, 0.15) is 30.7 Å². The summed E-state index contributed by atoms with van der Waals surface area (Å²) in [5.74, 6) is -1.23. The molecule has 6 nitrogen and oxygen atoms in total. The van der Waals surface area contributed by atoms with E-state index in [4.69, 9.17) is 4.52 Å². The predicted molar refractivity (Wildman–Crippen MR) is 92.5 cm³/mol. The quantitative estimate of drug-likeness (QED) is 0.705. The first-order valence-corrected chi connectivity index (χ1v) is 8.79. The van der Waals surface area contributed by atoms with E-state index in [1.165, 1.54) is 6.07 Å².